The minimum atomic E-state index is -0.367. The van der Waals surface area contributed by atoms with Gasteiger partial charge in [-0.3, -0.25) is 9.20 Å². The van der Waals surface area contributed by atoms with Gasteiger partial charge in [0.1, 0.15) is 17.2 Å². The molecule has 3 heterocycles. The third kappa shape index (κ3) is 2.95. The number of hydrogen-bond donors (Lipinski definition) is 0. The van der Waals surface area contributed by atoms with Crippen LogP contribution >= 0.6 is 0 Å². The number of halogens is 1. The van der Waals surface area contributed by atoms with Crippen LogP contribution in [0.25, 0.3) is 5.65 Å². The number of nitrogens with zero attached hydrogens (tertiary/aromatic N) is 4. The lowest BCUT2D eigenvalue weighted by molar-refractivity contribution is 0.0651. The molecule has 23 heavy (non-hydrogen) atoms. The molecule has 124 valence electrons. The zero-order valence-corrected chi connectivity index (χ0v) is 13.9. The first kappa shape index (κ1) is 15.9. The number of likely N-dealkylation sites (tertiary alicyclic amines) is 1. The summed E-state index contributed by atoms with van der Waals surface area (Å²) in [6, 6.07) is 3.21. The molecule has 0 N–H and O–H groups in total. The number of carbonyl (C=O) groups excluding carboxylic acids is 1. The maximum Gasteiger partial charge on any atom is 0.272 e. The number of carbonyl (C=O) groups is 1. The molecule has 0 aliphatic carbocycles. The Kier molecular flexibility index (Phi) is 4.35. The first-order valence-electron chi connectivity index (χ1n) is 8.13. The minimum absolute atomic E-state index is 0.0745. The lowest BCUT2D eigenvalue weighted by Crippen LogP contribution is -2.45. The molecule has 1 saturated heterocycles. The lowest BCUT2D eigenvalue weighted by atomic mass is 10.0. The second-order valence-electron chi connectivity index (χ2n) is 6.29. The quantitative estimate of drug-likeness (QED) is 0.871. The van der Waals surface area contributed by atoms with Crippen LogP contribution in [0.4, 0.5) is 4.39 Å². The molecule has 3 rings (SSSR count). The van der Waals surface area contributed by atoms with Crippen LogP contribution in [-0.2, 0) is 6.42 Å². The molecule has 1 amide bonds. The third-order valence-corrected chi connectivity index (χ3v) is 4.75. The van der Waals surface area contributed by atoms with E-state index < -0.39 is 0 Å². The summed E-state index contributed by atoms with van der Waals surface area (Å²) in [6.45, 7) is 3.94. The van der Waals surface area contributed by atoms with E-state index in [4.69, 9.17) is 0 Å². The summed E-state index contributed by atoms with van der Waals surface area (Å²) < 4.78 is 15.2. The Labute approximate surface area is 135 Å². The van der Waals surface area contributed by atoms with E-state index in [9.17, 15) is 9.18 Å². The Morgan fingerprint density at radius 3 is 2.74 bits per heavy atom. The van der Waals surface area contributed by atoms with Gasteiger partial charge in [0.05, 0.1) is 5.69 Å². The van der Waals surface area contributed by atoms with Crippen molar-refractivity contribution in [2.75, 3.05) is 27.2 Å². The van der Waals surface area contributed by atoms with E-state index in [1.54, 1.807) is 15.4 Å². The van der Waals surface area contributed by atoms with Crippen LogP contribution in [0.3, 0.4) is 0 Å². The second-order valence-corrected chi connectivity index (χ2v) is 6.29. The Bertz CT molecular complexity index is 719. The first-order chi connectivity index (χ1) is 11.0. The van der Waals surface area contributed by atoms with Crippen LogP contribution < -0.4 is 0 Å². The number of pyridine rings is 1. The predicted octanol–water partition coefficient (Wildman–Crippen LogP) is 2.20. The normalized spacial score (nSPS) is 16.9. The molecule has 2 aromatic heterocycles. The highest BCUT2D eigenvalue weighted by molar-refractivity contribution is 5.94. The average Bonchev–Trinajstić information content (AvgIpc) is 2.91. The maximum atomic E-state index is 13.6. The SMILES string of the molecule is CCc1nc2ccc(F)cn2c1C(=O)N(C)C1CCN(C)CC1. The molecule has 0 unspecified atom stereocenters. The van der Waals surface area contributed by atoms with Gasteiger partial charge in [-0.25, -0.2) is 9.37 Å². The molecule has 0 radical (unpaired) electrons. The lowest BCUT2D eigenvalue weighted by Gasteiger charge is -2.35. The molecule has 0 atom stereocenters. The Hall–Kier alpha value is -1.95. The molecule has 1 aliphatic heterocycles. The zero-order chi connectivity index (χ0) is 16.6. The van der Waals surface area contributed by atoms with Gasteiger partial charge in [0.25, 0.3) is 5.91 Å². The summed E-state index contributed by atoms with van der Waals surface area (Å²) in [5.74, 6) is -0.442. The van der Waals surface area contributed by atoms with Crippen molar-refractivity contribution < 1.29 is 9.18 Å². The van der Waals surface area contributed by atoms with Crippen LogP contribution in [0.1, 0.15) is 35.9 Å². The summed E-state index contributed by atoms with van der Waals surface area (Å²) in [5.41, 5.74) is 1.83. The zero-order valence-electron chi connectivity index (χ0n) is 13.9. The monoisotopic (exact) mass is 318 g/mol. The van der Waals surface area contributed by atoms with Crippen molar-refractivity contribution >= 4 is 11.6 Å². The van der Waals surface area contributed by atoms with Crippen molar-refractivity contribution in [2.45, 2.75) is 32.2 Å². The third-order valence-electron chi connectivity index (χ3n) is 4.75. The van der Waals surface area contributed by atoms with Crippen molar-refractivity contribution in [3.8, 4) is 0 Å². The van der Waals surface area contributed by atoms with Gasteiger partial charge in [-0.15, -0.1) is 0 Å². The van der Waals surface area contributed by atoms with E-state index >= 15 is 0 Å². The largest absolute Gasteiger partial charge is 0.337 e. The maximum absolute atomic E-state index is 13.6. The van der Waals surface area contributed by atoms with E-state index in [1.807, 2.05) is 14.0 Å². The number of aryl methyl sites for hydroxylation is 1. The van der Waals surface area contributed by atoms with Crippen LogP contribution in [0.5, 0.6) is 0 Å². The fraction of sp³-hybridized carbons (Fsp3) is 0.529. The van der Waals surface area contributed by atoms with Gasteiger partial charge in [0.15, 0.2) is 0 Å². The molecular formula is C17H23FN4O. The van der Waals surface area contributed by atoms with Crippen LogP contribution in [0.2, 0.25) is 0 Å². The van der Waals surface area contributed by atoms with Gasteiger partial charge in [-0.05, 0) is 51.5 Å². The topological polar surface area (TPSA) is 40.9 Å². The van der Waals surface area contributed by atoms with Gasteiger partial charge in [0, 0.05) is 19.3 Å². The highest BCUT2D eigenvalue weighted by atomic mass is 19.1. The Morgan fingerprint density at radius 2 is 2.09 bits per heavy atom. The van der Waals surface area contributed by atoms with Crippen molar-refractivity contribution in [3.63, 3.8) is 0 Å². The minimum Gasteiger partial charge on any atom is -0.337 e. The Morgan fingerprint density at radius 1 is 1.39 bits per heavy atom. The van der Waals surface area contributed by atoms with Crippen molar-refractivity contribution in [1.29, 1.82) is 0 Å². The standard InChI is InChI=1S/C17H23FN4O/c1-4-14-16(22-11-12(18)5-6-15(22)19-14)17(23)21(3)13-7-9-20(2)10-8-13/h5-6,11,13H,4,7-10H2,1-3H3. The van der Waals surface area contributed by atoms with E-state index in [0.717, 1.165) is 31.6 Å². The van der Waals surface area contributed by atoms with Crippen LogP contribution in [0.15, 0.2) is 18.3 Å². The predicted molar refractivity (Wildman–Crippen MR) is 87.1 cm³/mol. The number of rotatable bonds is 3. The first-order valence-corrected chi connectivity index (χ1v) is 8.13. The summed E-state index contributed by atoms with van der Waals surface area (Å²) in [5, 5.41) is 0. The Balaban J connectivity index is 1.95. The van der Waals surface area contributed by atoms with Gasteiger partial charge in [-0.1, -0.05) is 6.92 Å². The number of imidazole rings is 1. The molecule has 0 saturated carbocycles. The highest BCUT2D eigenvalue weighted by Gasteiger charge is 2.28. The fourth-order valence-corrected chi connectivity index (χ4v) is 3.26. The van der Waals surface area contributed by atoms with Gasteiger partial charge in [-0.2, -0.15) is 0 Å². The van der Waals surface area contributed by atoms with Gasteiger partial charge in [0.2, 0.25) is 0 Å². The number of amides is 1. The summed E-state index contributed by atoms with van der Waals surface area (Å²) in [7, 11) is 3.94. The van der Waals surface area contributed by atoms with Crippen LogP contribution in [0, 0.1) is 5.82 Å². The van der Waals surface area contributed by atoms with E-state index in [1.165, 1.54) is 12.3 Å². The molecule has 5 nitrogen and oxygen atoms in total. The highest BCUT2D eigenvalue weighted by Crippen LogP contribution is 2.20. The van der Waals surface area contributed by atoms with Crippen molar-refractivity contribution in [3.05, 3.63) is 35.5 Å². The number of piperidine rings is 1. The molecule has 0 aromatic carbocycles. The van der Waals surface area contributed by atoms with Crippen molar-refractivity contribution in [1.82, 2.24) is 19.2 Å². The molecule has 1 fully saturated rings. The summed E-state index contributed by atoms with van der Waals surface area (Å²) in [4.78, 5) is 21.6. The smallest absolute Gasteiger partial charge is 0.272 e. The van der Waals surface area contributed by atoms with E-state index in [2.05, 4.69) is 16.9 Å². The van der Waals surface area contributed by atoms with Crippen LogP contribution in [-0.4, -0.2) is 58.3 Å². The van der Waals surface area contributed by atoms with Gasteiger partial charge < -0.3 is 9.80 Å². The second kappa shape index (κ2) is 6.28. The molecule has 1 aliphatic rings. The molecule has 0 bridgehead atoms. The summed E-state index contributed by atoms with van der Waals surface area (Å²) >= 11 is 0. The summed E-state index contributed by atoms with van der Waals surface area (Å²) in [6.07, 6.45) is 3.92. The molecule has 6 heteroatoms. The molecule has 0 spiro atoms. The fourth-order valence-electron chi connectivity index (χ4n) is 3.26. The number of fused-ring (bicyclic) bond motifs is 1. The number of hydrogen-bond acceptors (Lipinski definition) is 3. The van der Waals surface area contributed by atoms with Gasteiger partial charge >= 0.3 is 0 Å². The van der Waals surface area contributed by atoms with E-state index in [-0.39, 0.29) is 17.8 Å². The van der Waals surface area contributed by atoms with Crippen molar-refractivity contribution in [2.24, 2.45) is 0 Å². The average molecular weight is 318 g/mol. The van der Waals surface area contributed by atoms with E-state index in [0.29, 0.717) is 17.8 Å². The number of aromatic nitrogens is 2. The molecule has 2 aromatic rings. The molecular weight excluding hydrogens is 295 g/mol.